The van der Waals surface area contributed by atoms with Crippen molar-refractivity contribution in [2.24, 2.45) is 0 Å². The Kier molecular flexibility index (Phi) is 5.90. The van der Waals surface area contributed by atoms with Crippen molar-refractivity contribution >= 4 is 33.5 Å². The van der Waals surface area contributed by atoms with E-state index in [1.807, 2.05) is 61.8 Å². The summed E-state index contributed by atoms with van der Waals surface area (Å²) in [5, 5.41) is 2.96. The second-order valence-electron chi connectivity index (χ2n) is 7.32. The summed E-state index contributed by atoms with van der Waals surface area (Å²) in [6.07, 6.45) is 7.35. The maximum Gasteiger partial charge on any atom is 0.255 e. The predicted molar refractivity (Wildman–Crippen MR) is 120 cm³/mol. The lowest BCUT2D eigenvalue weighted by molar-refractivity contribution is 0.102. The summed E-state index contributed by atoms with van der Waals surface area (Å²) in [5.74, 6) is 0.646. The maximum absolute atomic E-state index is 12.7. The van der Waals surface area contributed by atoms with E-state index in [1.54, 1.807) is 0 Å². The molecule has 6 heteroatoms. The molecule has 0 bridgehead atoms. The SMILES string of the molecule is Cc1cc(NC(=O)c2cccc(-c3cnc(N4CCCCC4)nc3)c2)ccc1Br. The van der Waals surface area contributed by atoms with Gasteiger partial charge in [-0.15, -0.1) is 0 Å². The number of carbonyl (C=O) groups excluding carboxylic acids is 1. The molecule has 1 aliphatic heterocycles. The van der Waals surface area contributed by atoms with Crippen molar-refractivity contribution in [1.29, 1.82) is 0 Å². The minimum atomic E-state index is -0.139. The second kappa shape index (κ2) is 8.74. The molecule has 5 nitrogen and oxygen atoms in total. The van der Waals surface area contributed by atoms with Crippen LogP contribution >= 0.6 is 15.9 Å². The average Bonchev–Trinajstić information content (AvgIpc) is 2.77. The van der Waals surface area contributed by atoms with Crippen LogP contribution in [0.1, 0.15) is 35.2 Å². The van der Waals surface area contributed by atoms with Crippen LogP contribution in [-0.4, -0.2) is 29.0 Å². The number of rotatable bonds is 4. The lowest BCUT2D eigenvalue weighted by Crippen LogP contribution is -2.30. The van der Waals surface area contributed by atoms with Gasteiger partial charge in [-0.25, -0.2) is 9.97 Å². The minimum Gasteiger partial charge on any atom is -0.341 e. The van der Waals surface area contributed by atoms with E-state index in [1.165, 1.54) is 19.3 Å². The lowest BCUT2D eigenvalue weighted by Gasteiger charge is -2.26. The first kappa shape index (κ1) is 19.6. The molecule has 0 saturated carbocycles. The summed E-state index contributed by atoms with van der Waals surface area (Å²) in [5.41, 5.74) is 4.27. The van der Waals surface area contributed by atoms with Gasteiger partial charge < -0.3 is 10.2 Å². The third kappa shape index (κ3) is 4.65. The molecule has 0 spiro atoms. The topological polar surface area (TPSA) is 58.1 Å². The van der Waals surface area contributed by atoms with Gasteiger partial charge in [-0.1, -0.05) is 28.1 Å². The Morgan fingerprint density at radius 2 is 1.76 bits per heavy atom. The molecular weight excluding hydrogens is 428 g/mol. The van der Waals surface area contributed by atoms with E-state index in [-0.39, 0.29) is 5.91 Å². The van der Waals surface area contributed by atoms with Crippen LogP contribution in [0, 0.1) is 6.92 Å². The van der Waals surface area contributed by atoms with Gasteiger partial charge in [0.05, 0.1) is 0 Å². The molecule has 1 aliphatic rings. The van der Waals surface area contributed by atoms with Crippen LogP contribution in [0.25, 0.3) is 11.1 Å². The van der Waals surface area contributed by atoms with Gasteiger partial charge in [0.1, 0.15) is 0 Å². The number of piperidine rings is 1. The molecule has 2 aromatic carbocycles. The van der Waals surface area contributed by atoms with Crippen LogP contribution in [-0.2, 0) is 0 Å². The largest absolute Gasteiger partial charge is 0.341 e. The van der Waals surface area contributed by atoms with Crippen molar-refractivity contribution in [1.82, 2.24) is 9.97 Å². The van der Waals surface area contributed by atoms with E-state index in [4.69, 9.17) is 0 Å². The van der Waals surface area contributed by atoms with Crippen LogP contribution in [0.2, 0.25) is 0 Å². The fourth-order valence-corrected chi connectivity index (χ4v) is 3.74. The second-order valence-corrected chi connectivity index (χ2v) is 8.17. The summed E-state index contributed by atoms with van der Waals surface area (Å²) in [6.45, 7) is 4.03. The van der Waals surface area contributed by atoms with Gasteiger partial charge in [0, 0.05) is 46.8 Å². The predicted octanol–water partition coefficient (Wildman–Crippen LogP) is 5.46. The standard InChI is InChI=1S/C23H23BrN4O/c1-16-12-20(8-9-21(16)24)27-22(29)18-7-5-6-17(13-18)19-14-25-23(26-15-19)28-10-3-2-4-11-28/h5-9,12-15H,2-4,10-11H2,1H3,(H,27,29). The van der Waals surface area contributed by atoms with Gasteiger partial charge >= 0.3 is 0 Å². The van der Waals surface area contributed by atoms with Gasteiger partial charge in [-0.2, -0.15) is 0 Å². The number of benzene rings is 2. The fraction of sp³-hybridized carbons (Fsp3) is 0.261. The monoisotopic (exact) mass is 450 g/mol. The summed E-state index contributed by atoms with van der Waals surface area (Å²) in [4.78, 5) is 24.0. The third-order valence-corrected chi connectivity index (χ3v) is 6.04. The van der Waals surface area contributed by atoms with Crippen LogP contribution in [0.5, 0.6) is 0 Å². The normalized spacial score (nSPS) is 13.9. The Balaban J connectivity index is 1.50. The average molecular weight is 451 g/mol. The number of nitrogens with zero attached hydrogens (tertiary/aromatic N) is 3. The highest BCUT2D eigenvalue weighted by Crippen LogP contribution is 2.23. The van der Waals surface area contributed by atoms with Crippen molar-refractivity contribution in [3.63, 3.8) is 0 Å². The van der Waals surface area contributed by atoms with Crippen LogP contribution in [0.3, 0.4) is 0 Å². The van der Waals surface area contributed by atoms with Crippen molar-refractivity contribution in [3.05, 3.63) is 70.5 Å². The zero-order chi connectivity index (χ0) is 20.2. The van der Waals surface area contributed by atoms with E-state index in [0.29, 0.717) is 5.56 Å². The summed E-state index contributed by atoms with van der Waals surface area (Å²) in [6, 6.07) is 13.3. The Labute approximate surface area is 179 Å². The first-order chi connectivity index (χ1) is 14.1. The highest BCUT2D eigenvalue weighted by molar-refractivity contribution is 9.10. The molecule has 3 aromatic rings. The molecule has 0 atom stereocenters. The number of carbonyl (C=O) groups is 1. The smallest absolute Gasteiger partial charge is 0.255 e. The molecule has 148 valence electrons. The maximum atomic E-state index is 12.7. The van der Waals surface area contributed by atoms with Gasteiger partial charge in [0.2, 0.25) is 5.95 Å². The molecule has 1 N–H and O–H groups in total. The number of nitrogens with one attached hydrogen (secondary N) is 1. The summed E-state index contributed by atoms with van der Waals surface area (Å²) >= 11 is 3.48. The van der Waals surface area contributed by atoms with Gasteiger partial charge in [-0.05, 0) is 67.6 Å². The number of anilines is 2. The third-order valence-electron chi connectivity index (χ3n) is 5.15. The van der Waals surface area contributed by atoms with Crippen molar-refractivity contribution < 1.29 is 4.79 Å². The Hall–Kier alpha value is -2.73. The Morgan fingerprint density at radius 1 is 1.00 bits per heavy atom. The molecule has 1 aromatic heterocycles. The number of halogens is 1. The molecule has 0 radical (unpaired) electrons. The van der Waals surface area contributed by atoms with Gasteiger partial charge in [0.15, 0.2) is 0 Å². The van der Waals surface area contributed by atoms with E-state index >= 15 is 0 Å². The molecule has 0 unspecified atom stereocenters. The fourth-order valence-electron chi connectivity index (χ4n) is 3.49. The number of aromatic nitrogens is 2. The summed E-state index contributed by atoms with van der Waals surface area (Å²) in [7, 11) is 0. The van der Waals surface area contributed by atoms with Crippen molar-refractivity contribution in [2.75, 3.05) is 23.3 Å². The van der Waals surface area contributed by atoms with E-state index < -0.39 is 0 Å². The zero-order valence-corrected chi connectivity index (χ0v) is 17.9. The Bertz CT molecular complexity index is 1010. The van der Waals surface area contributed by atoms with E-state index in [9.17, 15) is 4.79 Å². The molecule has 0 aliphatic carbocycles. The number of amides is 1. The molecule has 1 fully saturated rings. The van der Waals surface area contributed by atoms with Crippen LogP contribution in [0.15, 0.2) is 59.3 Å². The highest BCUT2D eigenvalue weighted by atomic mass is 79.9. The Morgan fingerprint density at radius 3 is 2.48 bits per heavy atom. The number of aryl methyl sites for hydroxylation is 1. The van der Waals surface area contributed by atoms with Gasteiger partial charge in [0.25, 0.3) is 5.91 Å². The lowest BCUT2D eigenvalue weighted by atomic mass is 10.1. The molecule has 1 amide bonds. The highest BCUT2D eigenvalue weighted by Gasteiger charge is 2.14. The summed E-state index contributed by atoms with van der Waals surface area (Å²) < 4.78 is 1.02. The van der Waals surface area contributed by atoms with Crippen LogP contribution < -0.4 is 10.2 Å². The minimum absolute atomic E-state index is 0.139. The first-order valence-corrected chi connectivity index (χ1v) is 10.6. The molecule has 1 saturated heterocycles. The number of hydrogen-bond acceptors (Lipinski definition) is 4. The molecule has 4 rings (SSSR count). The molecule has 29 heavy (non-hydrogen) atoms. The quantitative estimate of drug-likeness (QED) is 0.573. The number of hydrogen-bond donors (Lipinski definition) is 1. The molecule has 2 heterocycles. The first-order valence-electron chi connectivity index (χ1n) is 9.85. The van der Waals surface area contributed by atoms with Crippen LogP contribution in [0.4, 0.5) is 11.6 Å². The van der Waals surface area contributed by atoms with Crippen molar-refractivity contribution in [2.45, 2.75) is 26.2 Å². The van der Waals surface area contributed by atoms with E-state index in [0.717, 1.165) is 45.9 Å². The van der Waals surface area contributed by atoms with Crippen molar-refractivity contribution in [3.8, 4) is 11.1 Å². The van der Waals surface area contributed by atoms with E-state index in [2.05, 4.69) is 36.1 Å². The molecular formula is C23H23BrN4O. The van der Waals surface area contributed by atoms with Gasteiger partial charge in [-0.3, -0.25) is 4.79 Å². The zero-order valence-electron chi connectivity index (χ0n) is 16.4.